The average molecular weight is 372 g/mol. The summed E-state index contributed by atoms with van der Waals surface area (Å²) in [6, 6.07) is 26.1. The number of hydrogen-bond donors (Lipinski definition) is 1. The summed E-state index contributed by atoms with van der Waals surface area (Å²) < 4.78 is 5.46. The van der Waals surface area contributed by atoms with E-state index in [1.54, 1.807) is 7.11 Å². The molecule has 1 N–H and O–H groups in total. The van der Waals surface area contributed by atoms with E-state index >= 15 is 0 Å². The lowest BCUT2D eigenvalue weighted by Gasteiger charge is -2.34. The van der Waals surface area contributed by atoms with E-state index in [0.29, 0.717) is 13.0 Å². The van der Waals surface area contributed by atoms with E-state index in [-0.39, 0.29) is 11.9 Å². The Hall–Kier alpha value is -3.11. The zero-order valence-electron chi connectivity index (χ0n) is 16.0. The van der Waals surface area contributed by atoms with Crippen LogP contribution >= 0.6 is 0 Å². The number of nitrogens with one attached hydrogen (secondary N) is 1. The van der Waals surface area contributed by atoms with Crippen LogP contribution in [0.1, 0.15) is 5.56 Å². The first-order valence-corrected chi connectivity index (χ1v) is 9.59. The largest absolute Gasteiger partial charge is 0.495 e. The zero-order chi connectivity index (χ0) is 19.3. The molecule has 28 heavy (non-hydrogen) atoms. The van der Waals surface area contributed by atoms with Crippen LogP contribution in [-0.4, -0.2) is 32.1 Å². The summed E-state index contributed by atoms with van der Waals surface area (Å²) in [5.74, 6) is 0.805. The van der Waals surface area contributed by atoms with Crippen molar-refractivity contribution in [3.63, 3.8) is 0 Å². The van der Waals surface area contributed by atoms with Gasteiger partial charge in [0.2, 0.25) is 5.91 Å². The van der Waals surface area contributed by atoms with Crippen molar-refractivity contribution in [3.05, 3.63) is 84.4 Å². The van der Waals surface area contributed by atoms with Crippen molar-refractivity contribution < 1.29 is 9.53 Å². The molecule has 1 heterocycles. The number of nitrogens with zero attached hydrogens (tertiary/aromatic N) is 1. The maximum Gasteiger partial charge on any atom is 0.244 e. The quantitative estimate of drug-likeness (QED) is 0.738. The van der Waals surface area contributed by atoms with E-state index < -0.39 is 0 Å². The highest BCUT2D eigenvalue weighted by atomic mass is 16.5. The Kier molecular flexibility index (Phi) is 5.40. The number of methoxy groups -OCH3 is 1. The first-order valence-electron chi connectivity index (χ1n) is 9.59. The van der Waals surface area contributed by atoms with Crippen molar-refractivity contribution in [1.29, 1.82) is 0 Å². The van der Waals surface area contributed by atoms with Crippen molar-refractivity contribution in [1.82, 2.24) is 5.32 Å². The topological polar surface area (TPSA) is 41.6 Å². The SMILES string of the molecule is COc1ccccc1N1CCN[C@H](Cc2ccccc2-c2ccccc2)C1=O. The molecular formula is C24H24N2O2. The van der Waals surface area contributed by atoms with Crippen LogP contribution in [0.3, 0.4) is 0 Å². The average Bonchev–Trinajstić information content (AvgIpc) is 2.76. The molecule has 4 rings (SSSR count). The summed E-state index contributed by atoms with van der Waals surface area (Å²) >= 11 is 0. The Morgan fingerprint density at radius 1 is 0.964 bits per heavy atom. The van der Waals surface area contributed by atoms with Crippen LogP contribution in [0.5, 0.6) is 5.75 Å². The van der Waals surface area contributed by atoms with Crippen LogP contribution in [-0.2, 0) is 11.2 Å². The first kappa shape index (κ1) is 18.3. The Morgan fingerprint density at radius 2 is 1.68 bits per heavy atom. The number of piperazine rings is 1. The van der Waals surface area contributed by atoms with Gasteiger partial charge in [0, 0.05) is 13.1 Å². The van der Waals surface area contributed by atoms with Crippen LogP contribution in [0, 0.1) is 0 Å². The number of benzene rings is 3. The second kappa shape index (κ2) is 8.28. The molecule has 142 valence electrons. The molecule has 0 aromatic heterocycles. The van der Waals surface area contributed by atoms with Gasteiger partial charge in [-0.2, -0.15) is 0 Å². The van der Waals surface area contributed by atoms with Gasteiger partial charge in [-0.05, 0) is 35.2 Å². The van der Waals surface area contributed by atoms with E-state index in [1.807, 2.05) is 59.5 Å². The summed E-state index contributed by atoms with van der Waals surface area (Å²) in [4.78, 5) is 15.1. The van der Waals surface area contributed by atoms with Crippen LogP contribution in [0.25, 0.3) is 11.1 Å². The molecule has 1 fully saturated rings. The number of anilines is 1. The van der Waals surface area contributed by atoms with Crippen molar-refractivity contribution in [3.8, 4) is 16.9 Å². The number of rotatable bonds is 5. The molecule has 3 aromatic rings. The van der Waals surface area contributed by atoms with Crippen LogP contribution in [0.4, 0.5) is 5.69 Å². The fourth-order valence-corrected chi connectivity index (χ4v) is 3.81. The molecule has 1 aliphatic heterocycles. The third-order valence-electron chi connectivity index (χ3n) is 5.19. The first-order chi connectivity index (χ1) is 13.8. The molecular weight excluding hydrogens is 348 g/mol. The van der Waals surface area contributed by atoms with Crippen molar-refractivity contribution in [2.24, 2.45) is 0 Å². The minimum atomic E-state index is -0.261. The van der Waals surface area contributed by atoms with Crippen molar-refractivity contribution in [2.45, 2.75) is 12.5 Å². The van der Waals surface area contributed by atoms with Gasteiger partial charge in [-0.3, -0.25) is 4.79 Å². The highest BCUT2D eigenvalue weighted by Gasteiger charge is 2.31. The van der Waals surface area contributed by atoms with E-state index in [4.69, 9.17) is 4.74 Å². The van der Waals surface area contributed by atoms with Crippen molar-refractivity contribution in [2.75, 3.05) is 25.1 Å². The molecule has 1 aliphatic rings. The summed E-state index contributed by atoms with van der Waals surface area (Å²) in [6.45, 7) is 1.39. The van der Waals surface area contributed by atoms with E-state index in [9.17, 15) is 4.79 Å². The number of carbonyl (C=O) groups is 1. The van der Waals surface area contributed by atoms with Gasteiger partial charge in [-0.1, -0.05) is 66.7 Å². The van der Waals surface area contributed by atoms with E-state index in [2.05, 4.69) is 29.6 Å². The predicted octanol–water partition coefficient (Wildman–Crippen LogP) is 3.91. The Morgan fingerprint density at radius 3 is 2.50 bits per heavy atom. The lowest BCUT2D eigenvalue weighted by molar-refractivity contribution is -0.121. The normalized spacial score (nSPS) is 16.8. The highest BCUT2D eigenvalue weighted by Crippen LogP contribution is 2.30. The van der Waals surface area contributed by atoms with Gasteiger partial charge in [0.1, 0.15) is 5.75 Å². The second-order valence-corrected chi connectivity index (χ2v) is 6.90. The Balaban J connectivity index is 1.60. The van der Waals surface area contributed by atoms with Gasteiger partial charge in [-0.25, -0.2) is 0 Å². The van der Waals surface area contributed by atoms with E-state index in [1.165, 1.54) is 16.7 Å². The van der Waals surface area contributed by atoms with Crippen molar-refractivity contribution >= 4 is 11.6 Å². The Bertz CT molecular complexity index is 956. The number of carbonyl (C=O) groups excluding carboxylic acids is 1. The number of ether oxygens (including phenoxy) is 1. The smallest absolute Gasteiger partial charge is 0.244 e. The molecule has 0 radical (unpaired) electrons. The minimum Gasteiger partial charge on any atom is -0.495 e. The molecule has 0 bridgehead atoms. The van der Waals surface area contributed by atoms with Crippen LogP contribution in [0.2, 0.25) is 0 Å². The van der Waals surface area contributed by atoms with Gasteiger partial charge < -0.3 is 15.0 Å². The molecule has 0 spiro atoms. The van der Waals surface area contributed by atoms with Gasteiger partial charge in [0.05, 0.1) is 18.8 Å². The molecule has 3 aromatic carbocycles. The minimum absolute atomic E-state index is 0.0821. The maximum atomic E-state index is 13.3. The van der Waals surface area contributed by atoms with Crippen LogP contribution in [0.15, 0.2) is 78.9 Å². The monoisotopic (exact) mass is 372 g/mol. The summed E-state index contributed by atoms with van der Waals surface area (Å²) in [6.07, 6.45) is 0.648. The zero-order valence-corrected chi connectivity index (χ0v) is 16.0. The third kappa shape index (κ3) is 3.64. The Labute approximate surface area is 165 Å². The van der Waals surface area contributed by atoms with Gasteiger partial charge >= 0.3 is 0 Å². The molecule has 1 saturated heterocycles. The van der Waals surface area contributed by atoms with Crippen LogP contribution < -0.4 is 15.0 Å². The molecule has 1 atom stereocenters. The molecule has 1 amide bonds. The summed E-state index contributed by atoms with van der Waals surface area (Å²) in [7, 11) is 1.64. The summed E-state index contributed by atoms with van der Waals surface area (Å²) in [5.41, 5.74) is 4.34. The number of para-hydroxylation sites is 2. The molecule has 0 saturated carbocycles. The number of amides is 1. The van der Waals surface area contributed by atoms with Gasteiger partial charge in [-0.15, -0.1) is 0 Å². The number of hydrogen-bond acceptors (Lipinski definition) is 3. The standard InChI is InChI=1S/C24H24N2O2/c1-28-23-14-8-7-13-22(23)26-16-15-25-21(24(26)27)17-19-11-5-6-12-20(19)18-9-3-2-4-10-18/h2-14,21,25H,15-17H2,1H3/t21-/m1/s1. The lowest BCUT2D eigenvalue weighted by Crippen LogP contribution is -2.56. The molecule has 4 heteroatoms. The highest BCUT2D eigenvalue weighted by molar-refractivity contribution is 5.99. The maximum absolute atomic E-state index is 13.3. The lowest BCUT2D eigenvalue weighted by atomic mass is 9.94. The molecule has 0 unspecified atom stereocenters. The summed E-state index contributed by atoms with van der Waals surface area (Å²) in [5, 5.41) is 3.40. The fraction of sp³-hybridized carbons (Fsp3) is 0.208. The fourth-order valence-electron chi connectivity index (χ4n) is 3.81. The second-order valence-electron chi connectivity index (χ2n) is 6.90. The van der Waals surface area contributed by atoms with E-state index in [0.717, 1.165) is 18.0 Å². The van der Waals surface area contributed by atoms with Gasteiger partial charge in [0.25, 0.3) is 0 Å². The predicted molar refractivity (Wildman–Crippen MR) is 113 cm³/mol. The van der Waals surface area contributed by atoms with Gasteiger partial charge in [0.15, 0.2) is 0 Å². The molecule has 0 aliphatic carbocycles. The molecule has 4 nitrogen and oxygen atoms in total. The third-order valence-corrected chi connectivity index (χ3v) is 5.19.